The molecule has 5 nitrogen and oxygen atoms in total. The van der Waals surface area contributed by atoms with Gasteiger partial charge in [-0.1, -0.05) is 0 Å². The highest BCUT2D eigenvalue weighted by molar-refractivity contribution is 5.92. The summed E-state index contributed by atoms with van der Waals surface area (Å²) >= 11 is 0. The zero-order valence-electron chi connectivity index (χ0n) is 9.96. The fourth-order valence-electron chi connectivity index (χ4n) is 1.52. The number of esters is 1. The van der Waals surface area contributed by atoms with Gasteiger partial charge >= 0.3 is 5.97 Å². The molecule has 0 aliphatic carbocycles. The SMILES string of the molecule is COC(=O)c1cc(C=O)nc(-c2ccc(F)nc2)c1. The van der Waals surface area contributed by atoms with Crippen molar-refractivity contribution >= 4 is 12.3 Å². The summed E-state index contributed by atoms with van der Waals surface area (Å²) in [6, 6.07) is 5.40. The molecule has 0 saturated carbocycles. The van der Waals surface area contributed by atoms with Gasteiger partial charge in [-0.05, 0) is 24.3 Å². The lowest BCUT2D eigenvalue weighted by atomic mass is 10.1. The molecule has 0 aromatic carbocycles. The second-order valence-electron chi connectivity index (χ2n) is 3.64. The van der Waals surface area contributed by atoms with Crippen molar-refractivity contribution < 1.29 is 18.7 Å². The quantitative estimate of drug-likeness (QED) is 0.479. The third-order valence-corrected chi connectivity index (χ3v) is 2.41. The Hall–Kier alpha value is -2.63. The van der Waals surface area contributed by atoms with Crippen LogP contribution in [0.2, 0.25) is 0 Å². The Morgan fingerprint density at radius 3 is 2.74 bits per heavy atom. The summed E-state index contributed by atoms with van der Waals surface area (Å²) in [5, 5.41) is 0. The number of nitrogens with zero attached hydrogens (tertiary/aromatic N) is 2. The molecule has 2 rings (SSSR count). The van der Waals surface area contributed by atoms with E-state index in [1.54, 1.807) is 0 Å². The van der Waals surface area contributed by atoms with E-state index in [2.05, 4.69) is 14.7 Å². The third-order valence-electron chi connectivity index (χ3n) is 2.41. The lowest BCUT2D eigenvalue weighted by Crippen LogP contribution is -2.04. The minimum absolute atomic E-state index is 0.0854. The number of aromatic nitrogens is 2. The minimum atomic E-state index is -0.622. The van der Waals surface area contributed by atoms with E-state index < -0.39 is 11.9 Å². The topological polar surface area (TPSA) is 69.2 Å². The molecule has 0 spiro atoms. The van der Waals surface area contributed by atoms with Crippen molar-refractivity contribution in [2.45, 2.75) is 0 Å². The summed E-state index contributed by atoms with van der Waals surface area (Å²) in [6.45, 7) is 0. The Balaban J connectivity index is 2.53. The maximum Gasteiger partial charge on any atom is 0.338 e. The molecule has 2 aromatic heterocycles. The van der Waals surface area contributed by atoms with Gasteiger partial charge in [0.1, 0.15) is 5.69 Å². The first kappa shape index (κ1) is 12.8. The number of methoxy groups -OCH3 is 1. The lowest BCUT2D eigenvalue weighted by molar-refractivity contribution is 0.0600. The van der Waals surface area contributed by atoms with Crippen molar-refractivity contribution in [3.63, 3.8) is 0 Å². The van der Waals surface area contributed by atoms with Crippen LogP contribution in [0.3, 0.4) is 0 Å². The number of ether oxygens (including phenoxy) is 1. The predicted octanol–water partition coefficient (Wildman–Crippen LogP) is 1.88. The van der Waals surface area contributed by atoms with Crippen LogP contribution in [0.4, 0.5) is 4.39 Å². The number of hydrogen-bond acceptors (Lipinski definition) is 5. The summed E-state index contributed by atoms with van der Waals surface area (Å²) < 4.78 is 17.3. The largest absolute Gasteiger partial charge is 0.465 e. The van der Waals surface area contributed by atoms with Crippen LogP contribution in [-0.4, -0.2) is 29.3 Å². The van der Waals surface area contributed by atoms with Gasteiger partial charge in [0.25, 0.3) is 0 Å². The third kappa shape index (κ3) is 2.79. The number of hydrogen-bond donors (Lipinski definition) is 0. The zero-order chi connectivity index (χ0) is 13.8. The molecule has 2 heterocycles. The first-order valence-corrected chi connectivity index (χ1v) is 5.31. The van der Waals surface area contributed by atoms with Gasteiger partial charge in [0.2, 0.25) is 5.95 Å². The second kappa shape index (κ2) is 5.34. The Morgan fingerprint density at radius 1 is 1.37 bits per heavy atom. The molecule has 0 saturated heterocycles. The molecule has 0 amide bonds. The summed E-state index contributed by atoms with van der Waals surface area (Å²) in [6.07, 6.45) is 1.79. The monoisotopic (exact) mass is 260 g/mol. The number of aldehydes is 1. The van der Waals surface area contributed by atoms with E-state index in [9.17, 15) is 14.0 Å². The minimum Gasteiger partial charge on any atom is -0.465 e. The van der Waals surface area contributed by atoms with Gasteiger partial charge in [0, 0.05) is 11.8 Å². The van der Waals surface area contributed by atoms with Gasteiger partial charge in [0.05, 0.1) is 18.4 Å². The Kier molecular flexibility index (Phi) is 3.61. The van der Waals surface area contributed by atoms with Gasteiger partial charge in [-0.25, -0.2) is 14.8 Å². The average Bonchev–Trinajstić information content (AvgIpc) is 2.46. The van der Waals surface area contributed by atoms with Crippen molar-refractivity contribution in [3.8, 4) is 11.3 Å². The average molecular weight is 260 g/mol. The van der Waals surface area contributed by atoms with Crippen LogP contribution in [0.5, 0.6) is 0 Å². The van der Waals surface area contributed by atoms with Gasteiger partial charge in [-0.15, -0.1) is 0 Å². The van der Waals surface area contributed by atoms with Crippen LogP contribution in [0.25, 0.3) is 11.3 Å². The van der Waals surface area contributed by atoms with Crippen molar-refractivity contribution in [3.05, 3.63) is 47.7 Å². The molecule has 0 fully saturated rings. The van der Waals surface area contributed by atoms with Crippen LogP contribution in [-0.2, 0) is 4.74 Å². The lowest BCUT2D eigenvalue weighted by Gasteiger charge is -2.05. The maximum atomic E-state index is 12.7. The normalized spacial score (nSPS) is 10.0. The fraction of sp³-hybridized carbons (Fsp3) is 0.0769. The van der Waals surface area contributed by atoms with E-state index in [4.69, 9.17) is 0 Å². The van der Waals surface area contributed by atoms with Crippen LogP contribution in [0, 0.1) is 5.95 Å². The second-order valence-corrected chi connectivity index (χ2v) is 3.64. The van der Waals surface area contributed by atoms with Gasteiger partial charge < -0.3 is 4.74 Å². The number of halogens is 1. The molecule has 0 N–H and O–H groups in total. The molecule has 0 radical (unpaired) electrons. The molecule has 2 aromatic rings. The first-order valence-electron chi connectivity index (χ1n) is 5.31. The van der Waals surface area contributed by atoms with Gasteiger partial charge in [-0.2, -0.15) is 4.39 Å². The van der Waals surface area contributed by atoms with Crippen LogP contribution >= 0.6 is 0 Å². The Morgan fingerprint density at radius 2 is 2.16 bits per heavy atom. The molecule has 0 aliphatic heterocycles. The van der Waals surface area contributed by atoms with Crippen molar-refractivity contribution in [1.29, 1.82) is 0 Å². The van der Waals surface area contributed by atoms with E-state index in [0.29, 0.717) is 17.5 Å². The fourth-order valence-corrected chi connectivity index (χ4v) is 1.52. The van der Waals surface area contributed by atoms with Crippen molar-refractivity contribution in [2.24, 2.45) is 0 Å². The number of carbonyl (C=O) groups excluding carboxylic acids is 2. The smallest absolute Gasteiger partial charge is 0.338 e. The Bertz CT molecular complexity index is 626. The zero-order valence-corrected chi connectivity index (χ0v) is 9.96. The van der Waals surface area contributed by atoms with E-state index in [-0.39, 0.29) is 11.3 Å². The van der Waals surface area contributed by atoms with E-state index in [1.807, 2.05) is 0 Å². The highest BCUT2D eigenvalue weighted by atomic mass is 19.1. The van der Waals surface area contributed by atoms with E-state index in [0.717, 1.165) is 0 Å². The molecular weight excluding hydrogens is 251 g/mol. The molecule has 0 aliphatic rings. The van der Waals surface area contributed by atoms with Crippen LogP contribution in [0.1, 0.15) is 20.8 Å². The summed E-state index contributed by atoms with van der Waals surface area (Å²) in [4.78, 5) is 29.8. The summed E-state index contributed by atoms with van der Waals surface area (Å²) in [5.74, 6) is -1.20. The summed E-state index contributed by atoms with van der Waals surface area (Å²) in [7, 11) is 1.24. The Labute approximate surface area is 108 Å². The molecule has 0 bridgehead atoms. The molecule has 6 heteroatoms. The van der Waals surface area contributed by atoms with Gasteiger partial charge in [-0.3, -0.25) is 4.79 Å². The van der Waals surface area contributed by atoms with Crippen molar-refractivity contribution in [1.82, 2.24) is 9.97 Å². The first-order chi connectivity index (χ1) is 9.13. The highest BCUT2D eigenvalue weighted by Gasteiger charge is 2.11. The molecule has 0 atom stereocenters. The van der Waals surface area contributed by atoms with Crippen LogP contribution in [0.15, 0.2) is 30.5 Å². The maximum absolute atomic E-state index is 12.7. The summed E-state index contributed by atoms with van der Waals surface area (Å²) in [5.41, 5.74) is 1.12. The molecule has 0 unspecified atom stereocenters. The van der Waals surface area contributed by atoms with Gasteiger partial charge in [0.15, 0.2) is 6.29 Å². The standard InChI is InChI=1S/C13H9FN2O3/c1-19-13(18)9-4-10(7-17)16-11(5-9)8-2-3-12(14)15-6-8/h2-7H,1H3. The number of carbonyl (C=O) groups is 2. The number of rotatable bonds is 3. The van der Waals surface area contributed by atoms with E-state index >= 15 is 0 Å². The molecule has 19 heavy (non-hydrogen) atoms. The van der Waals surface area contributed by atoms with E-state index in [1.165, 1.54) is 37.6 Å². The van der Waals surface area contributed by atoms with Crippen molar-refractivity contribution in [2.75, 3.05) is 7.11 Å². The van der Waals surface area contributed by atoms with Crippen LogP contribution < -0.4 is 0 Å². The highest BCUT2D eigenvalue weighted by Crippen LogP contribution is 2.18. The predicted molar refractivity (Wildman–Crippen MR) is 64.2 cm³/mol. The number of pyridine rings is 2. The molecular formula is C13H9FN2O3. The molecule has 96 valence electrons.